The second-order valence-corrected chi connectivity index (χ2v) is 5.82. The molecule has 19 heavy (non-hydrogen) atoms. The van der Waals surface area contributed by atoms with E-state index >= 15 is 0 Å². The average Bonchev–Trinajstić information content (AvgIpc) is 2.71. The van der Waals surface area contributed by atoms with E-state index in [0.717, 1.165) is 47.1 Å². The Bertz CT molecular complexity index is 630. The lowest BCUT2D eigenvalue weighted by atomic mass is 9.93. The van der Waals surface area contributed by atoms with Crippen LogP contribution in [0.5, 0.6) is 0 Å². The largest absolute Gasteiger partial charge is 0.382 e. The third-order valence-electron chi connectivity index (χ3n) is 3.69. The van der Waals surface area contributed by atoms with E-state index in [1.807, 2.05) is 0 Å². The average molecular weight is 260 g/mol. The highest BCUT2D eigenvalue weighted by Gasteiger charge is 2.30. The van der Waals surface area contributed by atoms with Gasteiger partial charge in [0.25, 0.3) is 0 Å². The molecule has 5 heteroatoms. The van der Waals surface area contributed by atoms with Gasteiger partial charge in [-0.2, -0.15) is 5.10 Å². The van der Waals surface area contributed by atoms with Crippen molar-refractivity contribution in [2.24, 2.45) is 0 Å². The molecule has 0 fully saturated rings. The highest BCUT2D eigenvalue weighted by molar-refractivity contribution is 5.93. The van der Waals surface area contributed by atoms with Gasteiger partial charge in [0, 0.05) is 17.7 Å². The molecule has 102 valence electrons. The van der Waals surface area contributed by atoms with Crippen LogP contribution in [0.3, 0.4) is 0 Å². The highest BCUT2D eigenvalue weighted by Crippen LogP contribution is 2.34. The van der Waals surface area contributed by atoms with Gasteiger partial charge < -0.3 is 10.5 Å². The van der Waals surface area contributed by atoms with Crippen molar-refractivity contribution < 1.29 is 4.74 Å². The number of aromatic nitrogens is 3. The third kappa shape index (κ3) is 1.98. The monoisotopic (exact) mass is 260 g/mol. The van der Waals surface area contributed by atoms with E-state index in [2.05, 4.69) is 31.0 Å². The van der Waals surface area contributed by atoms with Gasteiger partial charge in [-0.3, -0.25) is 10.1 Å². The van der Waals surface area contributed by atoms with E-state index in [1.54, 1.807) is 0 Å². The van der Waals surface area contributed by atoms with E-state index < -0.39 is 0 Å². The molecule has 0 radical (unpaired) electrons. The van der Waals surface area contributed by atoms with Gasteiger partial charge in [-0.1, -0.05) is 13.3 Å². The first-order valence-electron chi connectivity index (χ1n) is 6.80. The summed E-state index contributed by atoms with van der Waals surface area (Å²) < 4.78 is 5.89. The zero-order valence-corrected chi connectivity index (χ0v) is 11.7. The molecular formula is C14H20N4O. The fourth-order valence-electron chi connectivity index (χ4n) is 2.74. The number of H-pyrrole nitrogens is 1. The van der Waals surface area contributed by atoms with Gasteiger partial charge >= 0.3 is 0 Å². The molecule has 3 heterocycles. The number of anilines is 1. The topological polar surface area (TPSA) is 76.8 Å². The molecule has 1 aliphatic heterocycles. The van der Waals surface area contributed by atoms with Crippen molar-refractivity contribution in [2.45, 2.75) is 52.2 Å². The number of aryl methyl sites for hydroxylation is 1. The Morgan fingerprint density at radius 2 is 2.21 bits per heavy atom. The first kappa shape index (κ1) is 12.4. The molecule has 5 nitrogen and oxygen atoms in total. The molecule has 0 spiro atoms. The Kier molecular flexibility index (Phi) is 2.74. The minimum Gasteiger partial charge on any atom is -0.382 e. The molecule has 3 rings (SSSR count). The van der Waals surface area contributed by atoms with Gasteiger partial charge in [0.15, 0.2) is 5.82 Å². The molecule has 2 aromatic rings. The summed E-state index contributed by atoms with van der Waals surface area (Å²) in [6, 6.07) is 0. The van der Waals surface area contributed by atoms with Gasteiger partial charge in [0.1, 0.15) is 0 Å². The molecule has 0 aliphatic carbocycles. The molecule has 0 bridgehead atoms. The lowest BCUT2D eigenvalue weighted by molar-refractivity contribution is -0.0406. The molecule has 0 saturated carbocycles. The van der Waals surface area contributed by atoms with E-state index in [-0.39, 0.29) is 5.60 Å². The fourth-order valence-corrected chi connectivity index (χ4v) is 2.74. The molecule has 2 aromatic heterocycles. The molecular weight excluding hydrogens is 240 g/mol. The summed E-state index contributed by atoms with van der Waals surface area (Å²) in [6.45, 7) is 6.90. The Labute approximate surface area is 112 Å². The normalized spacial score (nSPS) is 17.6. The molecule has 1 aliphatic rings. The predicted octanol–water partition coefficient (Wildman–Crippen LogP) is 2.34. The van der Waals surface area contributed by atoms with Crippen LogP contribution in [-0.2, 0) is 24.2 Å². The minimum absolute atomic E-state index is 0.157. The standard InChI is InChI=1S/C14H20N4O/c1-4-5-9-12-11(13(15)18-17-12)8-7-19-14(2,3)6-10(8)16-9/h4-7H2,1-3H3,(H3,15,17,18). The van der Waals surface area contributed by atoms with E-state index in [4.69, 9.17) is 15.5 Å². The maximum Gasteiger partial charge on any atom is 0.153 e. The number of nitrogen functional groups attached to an aromatic ring is 1. The maximum absolute atomic E-state index is 6.01. The molecule has 0 unspecified atom stereocenters. The van der Waals surface area contributed by atoms with Crippen molar-refractivity contribution in [1.82, 2.24) is 15.2 Å². The molecule has 0 atom stereocenters. The van der Waals surface area contributed by atoms with E-state index in [0.29, 0.717) is 12.4 Å². The summed E-state index contributed by atoms with van der Waals surface area (Å²) in [4.78, 5) is 4.83. The fraction of sp³-hybridized carbons (Fsp3) is 0.571. The highest BCUT2D eigenvalue weighted by atomic mass is 16.5. The third-order valence-corrected chi connectivity index (χ3v) is 3.69. The molecule has 0 saturated heterocycles. The van der Waals surface area contributed by atoms with Gasteiger partial charge in [0.05, 0.1) is 28.8 Å². The Morgan fingerprint density at radius 3 is 2.95 bits per heavy atom. The number of ether oxygens (including phenoxy) is 1. The number of aromatic amines is 1. The van der Waals surface area contributed by atoms with Crippen LogP contribution in [0.15, 0.2) is 0 Å². The lowest BCUT2D eigenvalue weighted by Gasteiger charge is -2.31. The Morgan fingerprint density at radius 1 is 1.42 bits per heavy atom. The van der Waals surface area contributed by atoms with Gasteiger partial charge in [0.2, 0.25) is 0 Å². The van der Waals surface area contributed by atoms with Crippen molar-refractivity contribution in [1.29, 1.82) is 0 Å². The summed E-state index contributed by atoms with van der Waals surface area (Å²) >= 11 is 0. The van der Waals surface area contributed by atoms with Crippen LogP contribution in [0.1, 0.15) is 44.1 Å². The van der Waals surface area contributed by atoms with Crippen molar-refractivity contribution in [2.75, 3.05) is 5.73 Å². The van der Waals surface area contributed by atoms with Crippen LogP contribution in [0.2, 0.25) is 0 Å². The lowest BCUT2D eigenvalue weighted by Crippen LogP contribution is -2.32. The smallest absolute Gasteiger partial charge is 0.153 e. The number of rotatable bonds is 2. The number of nitrogens with two attached hydrogens (primary N) is 1. The number of hydrogen-bond donors (Lipinski definition) is 2. The summed E-state index contributed by atoms with van der Waals surface area (Å²) in [6.07, 6.45) is 2.81. The van der Waals surface area contributed by atoms with Crippen LogP contribution in [0, 0.1) is 0 Å². The SMILES string of the molecule is CCCc1nc2c(c3c(N)n[nH]c13)COC(C)(C)C2. The molecule has 3 N–H and O–H groups in total. The van der Waals surface area contributed by atoms with Gasteiger partial charge in [-0.05, 0) is 20.3 Å². The number of hydrogen-bond acceptors (Lipinski definition) is 4. The van der Waals surface area contributed by atoms with Gasteiger partial charge in [-0.15, -0.1) is 0 Å². The van der Waals surface area contributed by atoms with Crippen molar-refractivity contribution in [3.8, 4) is 0 Å². The number of nitrogens with zero attached hydrogens (tertiary/aromatic N) is 2. The predicted molar refractivity (Wildman–Crippen MR) is 74.9 cm³/mol. The number of fused-ring (bicyclic) bond motifs is 3. The van der Waals surface area contributed by atoms with E-state index in [1.165, 1.54) is 0 Å². The van der Waals surface area contributed by atoms with Crippen LogP contribution in [-0.4, -0.2) is 20.8 Å². The van der Waals surface area contributed by atoms with Crippen molar-refractivity contribution in [3.05, 3.63) is 17.0 Å². The Balaban J connectivity index is 2.24. The van der Waals surface area contributed by atoms with E-state index in [9.17, 15) is 0 Å². The van der Waals surface area contributed by atoms with Crippen molar-refractivity contribution >= 4 is 16.7 Å². The van der Waals surface area contributed by atoms with Crippen molar-refractivity contribution in [3.63, 3.8) is 0 Å². The minimum atomic E-state index is -0.157. The second-order valence-electron chi connectivity index (χ2n) is 5.82. The summed E-state index contributed by atoms with van der Waals surface area (Å²) in [5.74, 6) is 0.550. The van der Waals surface area contributed by atoms with Crippen LogP contribution < -0.4 is 5.73 Å². The quantitative estimate of drug-likeness (QED) is 0.869. The zero-order valence-electron chi connectivity index (χ0n) is 11.7. The van der Waals surface area contributed by atoms with Gasteiger partial charge in [-0.25, -0.2) is 0 Å². The second kappa shape index (κ2) is 4.20. The summed E-state index contributed by atoms with van der Waals surface area (Å²) in [5.41, 5.74) is 10.1. The summed E-state index contributed by atoms with van der Waals surface area (Å²) in [7, 11) is 0. The van der Waals surface area contributed by atoms with Crippen LogP contribution in [0.25, 0.3) is 10.9 Å². The Hall–Kier alpha value is -1.62. The number of pyridine rings is 1. The zero-order chi connectivity index (χ0) is 13.6. The maximum atomic E-state index is 6.01. The van der Waals surface area contributed by atoms with Crippen LogP contribution in [0.4, 0.5) is 5.82 Å². The molecule has 0 amide bonds. The summed E-state index contributed by atoms with van der Waals surface area (Å²) in [5, 5.41) is 8.16. The first-order chi connectivity index (χ1) is 9.02. The first-order valence-corrected chi connectivity index (χ1v) is 6.80. The molecule has 0 aromatic carbocycles. The number of nitrogens with one attached hydrogen (secondary N) is 1. The van der Waals surface area contributed by atoms with Crippen LogP contribution >= 0.6 is 0 Å².